The van der Waals surface area contributed by atoms with Gasteiger partial charge in [0.25, 0.3) is 0 Å². The molecule has 0 saturated carbocycles. The van der Waals surface area contributed by atoms with E-state index >= 15 is 0 Å². The van der Waals surface area contributed by atoms with Crippen LogP contribution in [0.15, 0.2) is 48.6 Å². The van der Waals surface area contributed by atoms with E-state index in [-0.39, 0.29) is 53.3 Å². The first kappa shape index (κ1) is 33.2. The van der Waals surface area contributed by atoms with Crippen molar-refractivity contribution in [3.8, 4) is 0 Å². The van der Waals surface area contributed by atoms with Gasteiger partial charge >= 0.3 is 0 Å². The fourth-order valence-corrected chi connectivity index (χ4v) is 13.7. The molecule has 0 saturated heterocycles. The molecule has 0 aliphatic heterocycles. The van der Waals surface area contributed by atoms with Crippen LogP contribution < -0.4 is 0 Å². The van der Waals surface area contributed by atoms with Gasteiger partial charge in [0.05, 0.1) is 0 Å². The SMILES string of the molecule is CC(C)(C)P(C1C=CC=C1)C(C)(C)C.CC(C)(C)P(C1C=CC=C1)C(C)(C)C.[Fe].[Pd]. The van der Waals surface area contributed by atoms with E-state index in [1.54, 1.807) is 0 Å². The second kappa shape index (κ2) is 12.5. The molecule has 0 bridgehead atoms. The zero-order chi connectivity index (χ0) is 22.0. The van der Waals surface area contributed by atoms with Gasteiger partial charge in [-0.15, -0.1) is 0 Å². The molecule has 0 fully saturated rings. The summed E-state index contributed by atoms with van der Waals surface area (Å²) in [5.74, 6) is 0. The molecule has 0 radical (unpaired) electrons. The van der Waals surface area contributed by atoms with E-state index in [4.69, 9.17) is 0 Å². The van der Waals surface area contributed by atoms with Crippen molar-refractivity contribution >= 4 is 15.8 Å². The van der Waals surface area contributed by atoms with Crippen molar-refractivity contribution in [2.45, 2.75) is 115 Å². The smallest absolute Gasteiger partial charge is 0.0165 e. The summed E-state index contributed by atoms with van der Waals surface area (Å²) in [7, 11) is -0.0350. The average Bonchev–Trinajstić information content (AvgIpc) is 3.06. The molecule has 0 N–H and O–H groups in total. The molecule has 0 aromatic rings. The molecular weight excluding hydrogens is 536 g/mol. The maximum Gasteiger partial charge on any atom is 0.0165 e. The molecular formula is C26H46FeP2Pd. The van der Waals surface area contributed by atoms with E-state index in [2.05, 4.69) is 132 Å². The van der Waals surface area contributed by atoms with Crippen molar-refractivity contribution in [3.63, 3.8) is 0 Å². The van der Waals surface area contributed by atoms with Gasteiger partial charge in [0, 0.05) is 48.8 Å². The van der Waals surface area contributed by atoms with Gasteiger partial charge in [-0.3, -0.25) is 0 Å². The minimum Gasteiger partial charge on any atom is -0.0846 e. The maximum atomic E-state index is 2.38. The van der Waals surface area contributed by atoms with Gasteiger partial charge in [-0.25, -0.2) is 0 Å². The molecule has 30 heavy (non-hydrogen) atoms. The van der Waals surface area contributed by atoms with Gasteiger partial charge in [0.15, 0.2) is 0 Å². The molecule has 0 unspecified atom stereocenters. The molecule has 0 aromatic carbocycles. The largest absolute Gasteiger partial charge is 0.0846 e. The number of hydrogen-bond acceptors (Lipinski definition) is 0. The van der Waals surface area contributed by atoms with Gasteiger partial charge in [0.2, 0.25) is 0 Å². The van der Waals surface area contributed by atoms with Crippen LogP contribution in [0.25, 0.3) is 0 Å². The van der Waals surface area contributed by atoms with Crippen molar-refractivity contribution in [1.29, 1.82) is 0 Å². The van der Waals surface area contributed by atoms with Crippen molar-refractivity contribution < 1.29 is 37.5 Å². The molecule has 0 nitrogen and oxygen atoms in total. The zero-order valence-electron chi connectivity index (χ0n) is 21.3. The quantitative estimate of drug-likeness (QED) is 0.225. The molecule has 0 amide bonds. The summed E-state index contributed by atoms with van der Waals surface area (Å²) in [5, 5.41) is 1.71. The second-order valence-corrected chi connectivity index (χ2v) is 20.0. The summed E-state index contributed by atoms with van der Waals surface area (Å²) in [4.78, 5) is 0. The van der Waals surface area contributed by atoms with Crippen LogP contribution in [0.4, 0.5) is 0 Å². The maximum absolute atomic E-state index is 2.38. The molecule has 2 aliphatic rings. The standard InChI is InChI=1S/2C13H23P.Fe.Pd/c2*1-12(2,3)14(13(4,5)6)11-9-7-8-10-11;;/h2*7-11H,1-6H3;;. The van der Waals surface area contributed by atoms with Gasteiger partial charge in [-0.1, -0.05) is 148 Å². The minimum atomic E-state index is -0.0175. The van der Waals surface area contributed by atoms with E-state index in [0.717, 1.165) is 0 Å². The predicted octanol–water partition coefficient (Wildman–Crippen LogP) is 9.11. The molecule has 0 heterocycles. The third-order valence-corrected chi connectivity index (χ3v) is 12.6. The van der Waals surface area contributed by atoms with E-state index in [1.165, 1.54) is 0 Å². The van der Waals surface area contributed by atoms with Gasteiger partial charge in [-0.2, -0.15) is 0 Å². The van der Waals surface area contributed by atoms with Crippen LogP contribution in [-0.4, -0.2) is 31.9 Å². The normalized spacial score (nSPS) is 17.3. The number of allylic oxidation sites excluding steroid dienone is 8. The Morgan fingerprint density at radius 2 is 0.600 bits per heavy atom. The summed E-state index contributed by atoms with van der Waals surface area (Å²) in [6, 6.07) is 0. The topological polar surface area (TPSA) is 0 Å². The van der Waals surface area contributed by atoms with Crippen molar-refractivity contribution in [2.24, 2.45) is 0 Å². The first-order valence-electron chi connectivity index (χ1n) is 10.7. The van der Waals surface area contributed by atoms with Crippen LogP contribution in [0.5, 0.6) is 0 Å². The Labute approximate surface area is 215 Å². The third kappa shape index (κ3) is 10.3. The summed E-state index contributed by atoms with van der Waals surface area (Å²) in [6.07, 6.45) is 18.2. The van der Waals surface area contributed by atoms with Crippen molar-refractivity contribution in [2.75, 3.05) is 0 Å². The molecule has 0 atom stereocenters. The van der Waals surface area contributed by atoms with Crippen LogP contribution >= 0.6 is 15.8 Å². The number of rotatable bonds is 2. The Hall–Kier alpha value is 1.00. The van der Waals surface area contributed by atoms with E-state index < -0.39 is 0 Å². The Bertz CT molecular complexity index is 511. The van der Waals surface area contributed by atoms with Crippen molar-refractivity contribution in [1.82, 2.24) is 0 Å². The van der Waals surface area contributed by atoms with Crippen LogP contribution in [-0.2, 0) is 37.5 Å². The molecule has 0 aromatic heterocycles. The second-order valence-electron chi connectivity index (χ2n) is 11.9. The van der Waals surface area contributed by atoms with Gasteiger partial charge in [-0.05, 0) is 20.6 Å². The molecule has 2 rings (SSSR count). The Balaban J connectivity index is 0. The summed E-state index contributed by atoms with van der Waals surface area (Å²) in [5.41, 5.74) is 1.37. The van der Waals surface area contributed by atoms with Crippen LogP contribution in [0.1, 0.15) is 83.1 Å². The van der Waals surface area contributed by atoms with Crippen LogP contribution in [0.2, 0.25) is 0 Å². The fourth-order valence-electron chi connectivity index (χ4n) is 4.99. The summed E-state index contributed by atoms with van der Waals surface area (Å²) < 4.78 is 0. The molecule has 4 heteroatoms. The van der Waals surface area contributed by atoms with E-state index in [1.807, 2.05) is 0 Å². The van der Waals surface area contributed by atoms with E-state index in [0.29, 0.717) is 31.9 Å². The monoisotopic (exact) mass is 582 g/mol. The van der Waals surface area contributed by atoms with E-state index in [9.17, 15) is 0 Å². The van der Waals surface area contributed by atoms with Gasteiger partial charge in [0.1, 0.15) is 0 Å². The Kier molecular flexibility index (Phi) is 13.8. The summed E-state index contributed by atoms with van der Waals surface area (Å²) >= 11 is 0. The fraction of sp³-hybridized carbons (Fsp3) is 0.692. The minimum absolute atomic E-state index is 0. The Morgan fingerprint density at radius 3 is 0.733 bits per heavy atom. The van der Waals surface area contributed by atoms with Gasteiger partial charge < -0.3 is 0 Å². The molecule has 0 spiro atoms. The Morgan fingerprint density at radius 1 is 0.433 bits per heavy atom. The third-order valence-electron chi connectivity index (χ3n) is 4.94. The van der Waals surface area contributed by atoms with Crippen molar-refractivity contribution in [3.05, 3.63) is 48.6 Å². The first-order chi connectivity index (χ1) is 12.5. The zero-order valence-corrected chi connectivity index (χ0v) is 25.8. The summed E-state index contributed by atoms with van der Waals surface area (Å²) in [6.45, 7) is 28.5. The molecule has 178 valence electrons. The average molecular weight is 583 g/mol. The molecule has 2 aliphatic carbocycles. The van der Waals surface area contributed by atoms with Crippen LogP contribution in [0, 0.1) is 0 Å². The predicted molar refractivity (Wildman–Crippen MR) is 137 cm³/mol. The number of hydrogen-bond donors (Lipinski definition) is 0. The first-order valence-corrected chi connectivity index (χ1v) is 13.6. The van der Waals surface area contributed by atoms with Crippen LogP contribution in [0.3, 0.4) is 0 Å².